The van der Waals surface area contributed by atoms with Crippen molar-refractivity contribution in [2.75, 3.05) is 32.8 Å². The van der Waals surface area contributed by atoms with Crippen LogP contribution in [0.3, 0.4) is 0 Å². The maximum atomic E-state index is 12.9. The molecule has 1 fully saturated rings. The number of sulfonamides is 1. The van der Waals surface area contributed by atoms with Gasteiger partial charge in [-0.15, -0.1) is 0 Å². The van der Waals surface area contributed by atoms with Gasteiger partial charge in [-0.2, -0.15) is 4.31 Å². The van der Waals surface area contributed by atoms with E-state index in [0.29, 0.717) is 5.56 Å². The van der Waals surface area contributed by atoms with E-state index in [2.05, 4.69) is 0 Å². The van der Waals surface area contributed by atoms with Crippen molar-refractivity contribution in [1.82, 2.24) is 9.21 Å². The summed E-state index contributed by atoms with van der Waals surface area (Å²) < 4.78 is 32.3. The van der Waals surface area contributed by atoms with E-state index in [-0.39, 0.29) is 47.6 Å². The second kappa shape index (κ2) is 9.16. The summed E-state index contributed by atoms with van der Waals surface area (Å²) >= 11 is 5.95. The summed E-state index contributed by atoms with van der Waals surface area (Å²) in [6.45, 7) is 4.08. The molecule has 1 aliphatic heterocycles. The predicted octanol–water partition coefficient (Wildman–Crippen LogP) is 2.65. The number of piperazine rings is 1. The van der Waals surface area contributed by atoms with Gasteiger partial charge in [0.2, 0.25) is 10.0 Å². The third-order valence-electron chi connectivity index (χ3n) is 4.96. The van der Waals surface area contributed by atoms with Crippen molar-refractivity contribution in [3.05, 3.63) is 64.2 Å². The Morgan fingerprint density at radius 1 is 1.03 bits per heavy atom. The Hall–Kier alpha value is -2.42. The van der Waals surface area contributed by atoms with Crippen molar-refractivity contribution in [3.8, 4) is 0 Å². The zero-order valence-electron chi connectivity index (χ0n) is 16.8. The summed E-state index contributed by atoms with van der Waals surface area (Å²) in [5.41, 5.74) is 1.88. The SMILES string of the molecule is Cc1ccc(S(=O)(=O)N2CCN(C(=O)COC(=O)c3ccccc3Cl)CC2)c(C)c1. The summed E-state index contributed by atoms with van der Waals surface area (Å²) in [4.78, 5) is 26.2. The standard InChI is InChI=1S/C21H23ClN2O5S/c1-15-7-8-19(16(2)13-15)30(27,28)24-11-9-23(10-12-24)20(25)14-29-21(26)17-5-3-4-6-18(17)22/h3-8,13H,9-12,14H2,1-2H3. The summed E-state index contributed by atoms with van der Waals surface area (Å²) in [7, 11) is -3.63. The first kappa shape index (κ1) is 22.3. The molecule has 9 heteroatoms. The summed E-state index contributed by atoms with van der Waals surface area (Å²) in [5.74, 6) is -1.05. The summed E-state index contributed by atoms with van der Waals surface area (Å²) in [6.07, 6.45) is 0. The highest BCUT2D eigenvalue weighted by molar-refractivity contribution is 7.89. The third-order valence-corrected chi connectivity index (χ3v) is 7.35. The van der Waals surface area contributed by atoms with Gasteiger partial charge in [0.1, 0.15) is 0 Å². The van der Waals surface area contributed by atoms with Crippen LogP contribution in [0.15, 0.2) is 47.4 Å². The molecule has 2 aromatic rings. The van der Waals surface area contributed by atoms with E-state index in [4.69, 9.17) is 16.3 Å². The Morgan fingerprint density at radius 2 is 1.70 bits per heavy atom. The minimum atomic E-state index is -3.63. The Morgan fingerprint density at radius 3 is 2.33 bits per heavy atom. The van der Waals surface area contributed by atoms with E-state index in [0.717, 1.165) is 5.56 Å². The quantitative estimate of drug-likeness (QED) is 0.654. The minimum Gasteiger partial charge on any atom is -0.452 e. The van der Waals surface area contributed by atoms with Gasteiger partial charge in [0.15, 0.2) is 6.61 Å². The first-order valence-electron chi connectivity index (χ1n) is 9.47. The normalized spacial score (nSPS) is 15.1. The first-order chi connectivity index (χ1) is 14.2. The van der Waals surface area contributed by atoms with E-state index in [9.17, 15) is 18.0 Å². The van der Waals surface area contributed by atoms with Crippen molar-refractivity contribution in [2.45, 2.75) is 18.7 Å². The molecular weight excluding hydrogens is 428 g/mol. The van der Waals surface area contributed by atoms with Crippen LogP contribution >= 0.6 is 11.6 Å². The maximum Gasteiger partial charge on any atom is 0.340 e. The Balaban J connectivity index is 1.56. The van der Waals surface area contributed by atoms with Gasteiger partial charge in [-0.1, -0.05) is 41.4 Å². The molecule has 1 heterocycles. The fourth-order valence-corrected chi connectivity index (χ4v) is 5.17. The summed E-state index contributed by atoms with van der Waals surface area (Å²) in [6, 6.07) is 11.6. The number of esters is 1. The molecule has 7 nitrogen and oxygen atoms in total. The second-order valence-electron chi connectivity index (χ2n) is 7.11. The second-order valence-corrected chi connectivity index (χ2v) is 9.42. The van der Waals surface area contributed by atoms with E-state index in [1.54, 1.807) is 37.3 Å². The van der Waals surface area contributed by atoms with Crippen molar-refractivity contribution in [1.29, 1.82) is 0 Å². The van der Waals surface area contributed by atoms with Crippen molar-refractivity contribution in [2.24, 2.45) is 0 Å². The zero-order chi connectivity index (χ0) is 21.9. The van der Waals surface area contributed by atoms with Crippen LogP contribution in [-0.2, 0) is 19.6 Å². The first-order valence-corrected chi connectivity index (χ1v) is 11.3. The molecule has 1 amide bonds. The van der Waals surface area contributed by atoms with Gasteiger partial charge in [0.25, 0.3) is 5.91 Å². The summed E-state index contributed by atoms with van der Waals surface area (Å²) in [5, 5.41) is 0.250. The Kier molecular flexibility index (Phi) is 6.80. The number of carbonyl (C=O) groups excluding carboxylic acids is 2. The van der Waals surface area contributed by atoms with Crippen LogP contribution in [0.4, 0.5) is 0 Å². The molecule has 160 valence electrons. The van der Waals surface area contributed by atoms with Crippen molar-refractivity contribution in [3.63, 3.8) is 0 Å². The molecule has 1 aliphatic rings. The fourth-order valence-electron chi connectivity index (χ4n) is 3.33. The number of hydrogen-bond acceptors (Lipinski definition) is 5. The number of hydrogen-bond donors (Lipinski definition) is 0. The van der Waals surface area contributed by atoms with E-state index in [1.165, 1.54) is 15.3 Å². The molecular formula is C21H23ClN2O5S. The number of rotatable bonds is 5. The number of nitrogens with zero attached hydrogens (tertiary/aromatic N) is 2. The van der Waals surface area contributed by atoms with Crippen LogP contribution in [0.2, 0.25) is 5.02 Å². The maximum absolute atomic E-state index is 12.9. The number of amides is 1. The van der Waals surface area contributed by atoms with Crippen molar-refractivity contribution >= 4 is 33.5 Å². The van der Waals surface area contributed by atoms with Gasteiger partial charge in [-0.3, -0.25) is 4.79 Å². The fraction of sp³-hybridized carbons (Fsp3) is 0.333. The highest BCUT2D eigenvalue weighted by atomic mass is 35.5. The molecule has 0 atom stereocenters. The number of ether oxygens (including phenoxy) is 1. The molecule has 0 radical (unpaired) electrons. The van der Waals surface area contributed by atoms with Gasteiger partial charge in [0.05, 0.1) is 15.5 Å². The molecule has 0 saturated carbocycles. The van der Waals surface area contributed by atoms with E-state index < -0.39 is 22.6 Å². The van der Waals surface area contributed by atoms with Crippen LogP contribution in [0.5, 0.6) is 0 Å². The lowest BCUT2D eigenvalue weighted by Gasteiger charge is -2.34. The molecule has 0 N–H and O–H groups in total. The highest BCUT2D eigenvalue weighted by Crippen LogP contribution is 2.22. The van der Waals surface area contributed by atoms with Crippen LogP contribution in [-0.4, -0.2) is 62.3 Å². The van der Waals surface area contributed by atoms with Gasteiger partial charge in [-0.25, -0.2) is 13.2 Å². The lowest BCUT2D eigenvalue weighted by atomic mass is 10.2. The number of halogens is 1. The Bertz CT molecular complexity index is 1060. The van der Waals surface area contributed by atoms with Gasteiger partial charge in [-0.05, 0) is 37.6 Å². The van der Waals surface area contributed by atoms with E-state index in [1.807, 2.05) is 13.0 Å². The number of aryl methyl sites for hydroxylation is 2. The van der Waals surface area contributed by atoms with E-state index >= 15 is 0 Å². The third kappa shape index (κ3) is 4.83. The van der Waals surface area contributed by atoms with Crippen LogP contribution in [0, 0.1) is 13.8 Å². The Labute approximate surface area is 181 Å². The molecule has 0 unspecified atom stereocenters. The molecule has 3 rings (SSSR count). The molecule has 0 aliphatic carbocycles. The zero-order valence-corrected chi connectivity index (χ0v) is 18.4. The average molecular weight is 451 g/mol. The van der Waals surface area contributed by atoms with Gasteiger partial charge in [0, 0.05) is 26.2 Å². The lowest BCUT2D eigenvalue weighted by Crippen LogP contribution is -2.51. The molecule has 2 aromatic carbocycles. The van der Waals surface area contributed by atoms with Crippen LogP contribution < -0.4 is 0 Å². The monoisotopic (exact) mass is 450 g/mol. The van der Waals surface area contributed by atoms with Crippen LogP contribution in [0.25, 0.3) is 0 Å². The number of carbonyl (C=O) groups is 2. The molecule has 1 saturated heterocycles. The molecule has 0 aromatic heterocycles. The largest absolute Gasteiger partial charge is 0.452 e. The highest BCUT2D eigenvalue weighted by Gasteiger charge is 2.31. The smallest absolute Gasteiger partial charge is 0.340 e. The molecule has 0 bridgehead atoms. The average Bonchev–Trinajstić information content (AvgIpc) is 2.72. The van der Waals surface area contributed by atoms with Gasteiger partial charge >= 0.3 is 5.97 Å². The minimum absolute atomic E-state index is 0.180. The molecule has 0 spiro atoms. The lowest BCUT2D eigenvalue weighted by molar-refractivity contribution is -0.135. The predicted molar refractivity (Wildman–Crippen MR) is 113 cm³/mol. The molecule has 30 heavy (non-hydrogen) atoms. The number of benzene rings is 2. The topological polar surface area (TPSA) is 84.0 Å². The van der Waals surface area contributed by atoms with Gasteiger partial charge < -0.3 is 9.64 Å². The van der Waals surface area contributed by atoms with Crippen LogP contribution in [0.1, 0.15) is 21.5 Å². The van der Waals surface area contributed by atoms with Crippen molar-refractivity contribution < 1.29 is 22.7 Å².